The number of nitrogens with one attached hydrogen (secondary N) is 2. The van der Waals surface area contributed by atoms with Gasteiger partial charge in [-0.25, -0.2) is 9.78 Å². The third kappa shape index (κ3) is 2.60. The Kier molecular flexibility index (Phi) is 3.45. The largest absolute Gasteiger partial charge is 0.381 e. The summed E-state index contributed by atoms with van der Waals surface area (Å²) in [6.07, 6.45) is 6.17. The molecule has 1 atom stereocenters. The molecule has 0 aromatic carbocycles. The van der Waals surface area contributed by atoms with Crippen molar-refractivity contribution in [2.24, 2.45) is 5.41 Å². The number of aryl methyl sites for hydroxylation is 1. The molecule has 0 radical (unpaired) electrons. The first kappa shape index (κ1) is 12.9. The minimum Gasteiger partial charge on any atom is -0.381 e. The molecule has 3 rings (SSSR count). The van der Waals surface area contributed by atoms with Gasteiger partial charge in [-0.15, -0.1) is 11.3 Å². The van der Waals surface area contributed by atoms with Crippen molar-refractivity contribution in [2.45, 2.75) is 38.6 Å². The predicted octanol–water partition coefficient (Wildman–Crippen LogP) is 2.53. The summed E-state index contributed by atoms with van der Waals surface area (Å²) in [5, 5.41) is 6.57. The van der Waals surface area contributed by atoms with Gasteiger partial charge in [-0.05, 0) is 38.0 Å². The molecule has 2 amide bonds. The molecule has 2 aliphatic rings. The van der Waals surface area contributed by atoms with Crippen LogP contribution in [0.25, 0.3) is 0 Å². The fourth-order valence-electron chi connectivity index (χ4n) is 3.00. The molecule has 5 nitrogen and oxygen atoms in total. The first-order valence-electron chi connectivity index (χ1n) is 6.76. The molecule has 2 heterocycles. The van der Waals surface area contributed by atoms with Crippen molar-refractivity contribution in [2.75, 3.05) is 18.5 Å². The summed E-state index contributed by atoms with van der Waals surface area (Å²) in [7, 11) is 0. The zero-order valence-electron chi connectivity index (χ0n) is 11.1. The second kappa shape index (κ2) is 5.09. The van der Waals surface area contributed by atoms with Gasteiger partial charge in [-0.1, -0.05) is 0 Å². The van der Waals surface area contributed by atoms with Crippen LogP contribution in [0.3, 0.4) is 0 Å². The smallest absolute Gasteiger partial charge is 0.321 e. The number of hydrogen-bond donors (Lipinski definition) is 2. The molecule has 2 fully saturated rings. The topological polar surface area (TPSA) is 63.2 Å². The quantitative estimate of drug-likeness (QED) is 0.875. The van der Waals surface area contributed by atoms with E-state index in [0.29, 0.717) is 5.13 Å². The zero-order chi connectivity index (χ0) is 13.3. The van der Waals surface area contributed by atoms with Crippen LogP contribution in [0.1, 0.15) is 30.6 Å². The molecule has 1 aliphatic heterocycles. The maximum Gasteiger partial charge on any atom is 0.321 e. The Morgan fingerprint density at radius 1 is 1.47 bits per heavy atom. The average Bonchev–Trinajstić information content (AvgIpc) is 2.81. The molecular weight excluding hydrogens is 262 g/mol. The Hall–Kier alpha value is -1.14. The van der Waals surface area contributed by atoms with Crippen LogP contribution in [0.15, 0.2) is 6.20 Å². The molecule has 1 aromatic heterocycles. The maximum absolute atomic E-state index is 12.0. The lowest BCUT2D eigenvalue weighted by Crippen LogP contribution is -2.57. The SMILES string of the molecule is Cc1cnc(NC(=O)NC2CCC23CCOCC3)s1. The molecule has 19 heavy (non-hydrogen) atoms. The Bertz CT molecular complexity index is 468. The van der Waals surface area contributed by atoms with Crippen LogP contribution in [-0.2, 0) is 4.74 Å². The highest BCUT2D eigenvalue weighted by Crippen LogP contribution is 2.48. The number of nitrogens with zero attached hydrogens (tertiary/aromatic N) is 1. The molecule has 1 unspecified atom stereocenters. The maximum atomic E-state index is 12.0. The van der Waals surface area contributed by atoms with Crippen LogP contribution in [-0.4, -0.2) is 30.3 Å². The standard InChI is InChI=1S/C13H19N3O2S/c1-9-8-14-12(19-9)16-11(17)15-10-2-3-13(10)4-6-18-7-5-13/h8,10H,2-7H2,1H3,(H2,14,15,16,17). The van der Waals surface area contributed by atoms with E-state index in [-0.39, 0.29) is 17.5 Å². The van der Waals surface area contributed by atoms with Gasteiger partial charge >= 0.3 is 6.03 Å². The summed E-state index contributed by atoms with van der Waals surface area (Å²) in [6.45, 7) is 3.63. The second-order valence-corrected chi connectivity index (χ2v) is 6.68. The lowest BCUT2D eigenvalue weighted by molar-refractivity contribution is -0.0507. The van der Waals surface area contributed by atoms with E-state index in [0.717, 1.165) is 37.4 Å². The monoisotopic (exact) mass is 281 g/mol. The van der Waals surface area contributed by atoms with Crippen molar-refractivity contribution in [3.63, 3.8) is 0 Å². The summed E-state index contributed by atoms with van der Waals surface area (Å²) in [6, 6.07) is 0.155. The normalized spacial score (nSPS) is 24.8. The second-order valence-electron chi connectivity index (χ2n) is 5.44. The van der Waals surface area contributed by atoms with Gasteiger partial charge in [0, 0.05) is 30.3 Å². The Morgan fingerprint density at radius 3 is 2.84 bits per heavy atom. The predicted molar refractivity (Wildman–Crippen MR) is 74.5 cm³/mol. The van der Waals surface area contributed by atoms with E-state index in [2.05, 4.69) is 15.6 Å². The third-order valence-corrected chi connectivity index (χ3v) is 5.13. The van der Waals surface area contributed by atoms with Crippen molar-refractivity contribution < 1.29 is 9.53 Å². The fourth-order valence-corrected chi connectivity index (χ4v) is 3.66. The summed E-state index contributed by atoms with van der Waals surface area (Å²) in [4.78, 5) is 17.2. The molecule has 1 spiro atoms. The van der Waals surface area contributed by atoms with E-state index in [1.807, 2.05) is 6.92 Å². The highest BCUT2D eigenvalue weighted by Gasteiger charge is 2.47. The van der Waals surface area contributed by atoms with Gasteiger partial charge in [-0.2, -0.15) is 0 Å². The van der Waals surface area contributed by atoms with E-state index < -0.39 is 0 Å². The Morgan fingerprint density at radius 2 is 2.26 bits per heavy atom. The van der Waals surface area contributed by atoms with E-state index >= 15 is 0 Å². The number of carbonyl (C=O) groups is 1. The summed E-state index contributed by atoms with van der Waals surface area (Å²) >= 11 is 1.49. The summed E-state index contributed by atoms with van der Waals surface area (Å²) in [5.74, 6) is 0. The van der Waals surface area contributed by atoms with Crippen LogP contribution in [0, 0.1) is 12.3 Å². The van der Waals surface area contributed by atoms with Crippen LogP contribution >= 0.6 is 11.3 Å². The third-order valence-electron chi connectivity index (χ3n) is 4.31. The van der Waals surface area contributed by atoms with Crippen LogP contribution < -0.4 is 10.6 Å². The summed E-state index contributed by atoms with van der Waals surface area (Å²) < 4.78 is 5.42. The number of aromatic nitrogens is 1. The van der Waals surface area contributed by atoms with E-state index in [9.17, 15) is 4.79 Å². The summed E-state index contributed by atoms with van der Waals surface area (Å²) in [5.41, 5.74) is 0.286. The highest BCUT2D eigenvalue weighted by atomic mass is 32.1. The molecule has 1 saturated carbocycles. The highest BCUT2D eigenvalue weighted by molar-refractivity contribution is 7.15. The molecule has 0 bridgehead atoms. The molecule has 1 aromatic rings. The number of ether oxygens (including phenoxy) is 1. The Labute approximate surface area is 116 Å². The lowest BCUT2D eigenvalue weighted by Gasteiger charge is -2.51. The van der Waals surface area contributed by atoms with E-state index in [1.165, 1.54) is 17.8 Å². The minimum absolute atomic E-state index is 0.134. The first-order chi connectivity index (χ1) is 9.18. The van der Waals surface area contributed by atoms with Crippen LogP contribution in [0.4, 0.5) is 9.93 Å². The first-order valence-corrected chi connectivity index (χ1v) is 7.57. The van der Waals surface area contributed by atoms with Crippen molar-refractivity contribution >= 4 is 22.5 Å². The number of amides is 2. The molecule has 6 heteroatoms. The van der Waals surface area contributed by atoms with Crippen molar-refractivity contribution in [1.82, 2.24) is 10.3 Å². The van der Waals surface area contributed by atoms with Gasteiger partial charge in [0.05, 0.1) is 0 Å². The number of anilines is 1. The molecule has 1 aliphatic carbocycles. The van der Waals surface area contributed by atoms with Gasteiger partial charge in [0.2, 0.25) is 0 Å². The van der Waals surface area contributed by atoms with Crippen molar-refractivity contribution in [1.29, 1.82) is 0 Å². The Balaban J connectivity index is 1.55. The zero-order valence-corrected chi connectivity index (χ0v) is 11.9. The van der Waals surface area contributed by atoms with E-state index in [4.69, 9.17) is 4.74 Å². The molecular formula is C13H19N3O2S. The fraction of sp³-hybridized carbons (Fsp3) is 0.692. The van der Waals surface area contributed by atoms with Gasteiger partial charge in [0.15, 0.2) is 5.13 Å². The number of thiazole rings is 1. The van der Waals surface area contributed by atoms with Crippen molar-refractivity contribution in [3.8, 4) is 0 Å². The number of rotatable bonds is 2. The van der Waals surface area contributed by atoms with Crippen molar-refractivity contribution in [3.05, 3.63) is 11.1 Å². The van der Waals surface area contributed by atoms with Crippen LogP contribution in [0.2, 0.25) is 0 Å². The van der Waals surface area contributed by atoms with Gasteiger partial charge < -0.3 is 10.1 Å². The minimum atomic E-state index is -0.134. The number of hydrogen-bond acceptors (Lipinski definition) is 4. The molecule has 104 valence electrons. The van der Waals surface area contributed by atoms with E-state index in [1.54, 1.807) is 6.20 Å². The van der Waals surface area contributed by atoms with Gasteiger partial charge in [0.1, 0.15) is 0 Å². The lowest BCUT2D eigenvalue weighted by atomic mass is 9.60. The van der Waals surface area contributed by atoms with Gasteiger partial charge in [-0.3, -0.25) is 5.32 Å². The number of carbonyl (C=O) groups excluding carboxylic acids is 1. The van der Waals surface area contributed by atoms with Gasteiger partial charge in [0.25, 0.3) is 0 Å². The molecule has 1 saturated heterocycles. The van der Waals surface area contributed by atoms with Crippen LogP contribution in [0.5, 0.6) is 0 Å². The molecule has 2 N–H and O–H groups in total. The number of urea groups is 1. The average molecular weight is 281 g/mol.